The van der Waals surface area contributed by atoms with Crippen LogP contribution >= 0.6 is 24.0 Å². The van der Waals surface area contributed by atoms with Crippen molar-refractivity contribution in [2.75, 3.05) is 13.7 Å². The molecular weight excluding hydrogens is 284 g/mol. The van der Waals surface area contributed by atoms with Gasteiger partial charge >= 0.3 is 5.97 Å². The van der Waals surface area contributed by atoms with Gasteiger partial charge in [-0.05, 0) is 31.6 Å². The molecule has 106 valence electrons. The number of thiocarbonyl (C=S) groups is 1. The largest absolute Gasteiger partial charge is 0.479 e. The summed E-state index contributed by atoms with van der Waals surface area (Å²) in [7, 11) is 0.244. The van der Waals surface area contributed by atoms with Gasteiger partial charge in [-0.2, -0.15) is 0 Å². The lowest BCUT2D eigenvalue weighted by atomic mass is 10.2. The highest BCUT2D eigenvalue weighted by Gasteiger charge is 2.23. The lowest BCUT2D eigenvalue weighted by Crippen LogP contribution is -2.26. The van der Waals surface area contributed by atoms with E-state index in [1.165, 1.54) is 7.11 Å². The van der Waals surface area contributed by atoms with Crippen molar-refractivity contribution >= 4 is 42.4 Å². The van der Waals surface area contributed by atoms with Crippen LogP contribution in [-0.4, -0.2) is 37.4 Å². The second-order valence-corrected chi connectivity index (χ2v) is 12.7. The molecule has 0 heterocycles. The molecule has 0 aromatic rings. The predicted octanol–water partition coefficient (Wildman–Crippen LogP) is 3.70. The molecule has 3 nitrogen and oxygen atoms in total. The number of rotatable bonds is 7. The third-order valence-electron chi connectivity index (χ3n) is 2.26. The van der Waals surface area contributed by atoms with Crippen LogP contribution in [0.15, 0.2) is 0 Å². The fourth-order valence-corrected chi connectivity index (χ4v) is 6.18. The van der Waals surface area contributed by atoms with Crippen LogP contribution in [0.5, 0.6) is 0 Å². The van der Waals surface area contributed by atoms with E-state index in [1.54, 1.807) is 11.8 Å². The molecular formula is C12H24O3S2Si. The second kappa shape index (κ2) is 8.93. The average molecular weight is 309 g/mol. The highest BCUT2D eigenvalue weighted by molar-refractivity contribution is 8.23. The van der Waals surface area contributed by atoms with E-state index < -0.39 is 8.07 Å². The first-order valence-corrected chi connectivity index (χ1v) is 11.2. The zero-order valence-electron chi connectivity index (χ0n) is 11.9. The summed E-state index contributed by atoms with van der Waals surface area (Å²) in [5.41, 5.74) is 0. The van der Waals surface area contributed by atoms with Crippen molar-refractivity contribution in [3.05, 3.63) is 0 Å². The van der Waals surface area contributed by atoms with Crippen LogP contribution in [0.4, 0.5) is 0 Å². The Morgan fingerprint density at radius 2 is 2.00 bits per heavy atom. The summed E-state index contributed by atoms with van der Waals surface area (Å²) in [6.45, 7) is 9.49. The van der Waals surface area contributed by atoms with Gasteiger partial charge in [-0.25, -0.2) is 0 Å². The SMILES string of the molecule is CCOC(=S)SC(CCC(=O)OC)C[Si](C)(C)C. The molecule has 0 rings (SSSR count). The van der Waals surface area contributed by atoms with E-state index in [2.05, 4.69) is 24.4 Å². The maximum atomic E-state index is 11.2. The Hall–Kier alpha value is -0.0731. The molecule has 0 fully saturated rings. The molecule has 0 aromatic heterocycles. The van der Waals surface area contributed by atoms with E-state index in [4.69, 9.17) is 17.0 Å². The standard InChI is InChI=1S/C12H24O3S2Si/c1-6-15-12(16)17-10(9-18(3,4)5)7-8-11(13)14-2/h10H,6-9H2,1-5H3. The van der Waals surface area contributed by atoms with E-state index in [0.717, 1.165) is 12.5 Å². The highest BCUT2D eigenvalue weighted by Crippen LogP contribution is 2.28. The lowest BCUT2D eigenvalue weighted by Gasteiger charge is -2.23. The molecule has 1 atom stereocenters. The minimum Gasteiger partial charge on any atom is -0.479 e. The Bertz CT molecular complexity index is 277. The van der Waals surface area contributed by atoms with Crippen molar-refractivity contribution in [1.29, 1.82) is 0 Å². The van der Waals surface area contributed by atoms with Gasteiger partial charge in [-0.15, -0.1) is 0 Å². The minimum absolute atomic E-state index is 0.154. The molecule has 0 N–H and O–H groups in total. The summed E-state index contributed by atoms with van der Waals surface area (Å²) >= 11 is 6.75. The number of thioether (sulfide) groups is 1. The maximum absolute atomic E-state index is 11.2. The molecule has 0 aromatic carbocycles. The molecule has 6 heteroatoms. The molecule has 0 bridgehead atoms. The van der Waals surface area contributed by atoms with Crippen molar-refractivity contribution in [3.8, 4) is 0 Å². The van der Waals surface area contributed by atoms with Gasteiger partial charge < -0.3 is 9.47 Å². The quantitative estimate of drug-likeness (QED) is 0.407. The molecule has 0 amide bonds. The Kier molecular flexibility index (Phi) is 8.89. The number of esters is 1. The Morgan fingerprint density at radius 1 is 1.39 bits per heavy atom. The third-order valence-corrected chi connectivity index (χ3v) is 5.73. The van der Waals surface area contributed by atoms with E-state index in [0.29, 0.717) is 22.7 Å². The Morgan fingerprint density at radius 3 is 2.44 bits per heavy atom. The van der Waals surface area contributed by atoms with Crippen LogP contribution < -0.4 is 0 Å². The van der Waals surface area contributed by atoms with Gasteiger partial charge in [0.15, 0.2) is 0 Å². The first-order valence-electron chi connectivity index (χ1n) is 6.18. The number of carbonyl (C=O) groups is 1. The Labute approximate surface area is 121 Å². The fraction of sp³-hybridized carbons (Fsp3) is 0.833. The van der Waals surface area contributed by atoms with Crippen molar-refractivity contribution in [1.82, 2.24) is 0 Å². The van der Waals surface area contributed by atoms with E-state index in [9.17, 15) is 4.79 Å². The van der Waals surface area contributed by atoms with Crippen LogP contribution in [0.25, 0.3) is 0 Å². The summed E-state index contributed by atoms with van der Waals surface area (Å²) < 4.78 is 10.6. The third kappa shape index (κ3) is 9.91. The normalized spacial score (nSPS) is 12.9. The fourth-order valence-electron chi connectivity index (χ4n) is 1.55. The smallest absolute Gasteiger partial charge is 0.305 e. The van der Waals surface area contributed by atoms with Gasteiger partial charge in [-0.1, -0.05) is 31.4 Å². The molecule has 0 saturated carbocycles. The molecule has 0 spiro atoms. The van der Waals surface area contributed by atoms with Crippen molar-refractivity contribution in [2.24, 2.45) is 0 Å². The molecule has 1 unspecified atom stereocenters. The summed E-state index contributed by atoms with van der Waals surface area (Å²) in [5.74, 6) is -0.154. The first kappa shape index (κ1) is 17.9. The van der Waals surface area contributed by atoms with Gasteiger partial charge in [0.1, 0.15) is 0 Å². The molecule has 18 heavy (non-hydrogen) atoms. The Balaban J connectivity index is 4.33. The highest BCUT2D eigenvalue weighted by atomic mass is 32.2. The van der Waals surface area contributed by atoms with Crippen molar-refractivity contribution < 1.29 is 14.3 Å². The van der Waals surface area contributed by atoms with Crippen LogP contribution in [-0.2, 0) is 14.3 Å². The number of carbonyl (C=O) groups excluding carboxylic acids is 1. The van der Waals surface area contributed by atoms with Gasteiger partial charge in [0.05, 0.1) is 13.7 Å². The van der Waals surface area contributed by atoms with Crippen LogP contribution in [0, 0.1) is 0 Å². The predicted molar refractivity (Wildman–Crippen MR) is 85.0 cm³/mol. The molecule has 0 aliphatic carbocycles. The summed E-state index contributed by atoms with van der Waals surface area (Å²) in [6, 6.07) is 1.13. The van der Waals surface area contributed by atoms with E-state index in [-0.39, 0.29) is 5.97 Å². The second-order valence-electron chi connectivity index (χ2n) is 5.30. The zero-order valence-corrected chi connectivity index (χ0v) is 14.6. The minimum atomic E-state index is -1.18. The maximum Gasteiger partial charge on any atom is 0.305 e. The zero-order chi connectivity index (χ0) is 14.2. The van der Waals surface area contributed by atoms with Gasteiger partial charge in [-0.3, -0.25) is 4.79 Å². The topological polar surface area (TPSA) is 35.5 Å². The van der Waals surface area contributed by atoms with Crippen molar-refractivity contribution in [2.45, 2.75) is 50.7 Å². The van der Waals surface area contributed by atoms with Crippen LogP contribution in [0.3, 0.4) is 0 Å². The molecule has 0 aliphatic rings. The first-order chi connectivity index (χ1) is 8.28. The number of ether oxygens (including phenoxy) is 2. The van der Waals surface area contributed by atoms with Crippen LogP contribution in [0.1, 0.15) is 19.8 Å². The van der Waals surface area contributed by atoms with E-state index >= 15 is 0 Å². The number of hydrogen-bond donors (Lipinski definition) is 0. The lowest BCUT2D eigenvalue weighted by molar-refractivity contribution is -0.140. The number of methoxy groups -OCH3 is 1. The number of hydrogen-bond acceptors (Lipinski definition) is 5. The monoisotopic (exact) mass is 308 g/mol. The molecule has 0 aliphatic heterocycles. The summed E-state index contributed by atoms with van der Waals surface area (Å²) in [5, 5.41) is 0.356. The molecule has 0 radical (unpaired) electrons. The van der Waals surface area contributed by atoms with Crippen LogP contribution in [0.2, 0.25) is 25.7 Å². The summed E-state index contributed by atoms with van der Waals surface area (Å²) in [6.07, 6.45) is 1.25. The molecule has 0 saturated heterocycles. The average Bonchev–Trinajstić information content (AvgIpc) is 2.23. The van der Waals surface area contributed by atoms with Crippen molar-refractivity contribution in [3.63, 3.8) is 0 Å². The van der Waals surface area contributed by atoms with Gasteiger partial charge in [0.25, 0.3) is 0 Å². The summed E-state index contributed by atoms with van der Waals surface area (Å²) in [4.78, 5) is 11.2. The van der Waals surface area contributed by atoms with Gasteiger partial charge in [0, 0.05) is 19.7 Å². The van der Waals surface area contributed by atoms with E-state index in [1.807, 2.05) is 6.92 Å². The van der Waals surface area contributed by atoms with Gasteiger partial charge in [0.2, 0.25) is 4.38 Å².